The maximum Gasteiger partial charge on any atom is 0.338 e. The molecule has 28 heavy (non-hydrogen) atoms. The van der Waals surface area contributed by atoms with Crippen LogP contribution >= 0.6 is 0 Å². The number of likely N-dealkylation sites (tertiary alicyclic amines) is 2. The zero-order chi connectivity index (χ0) is 19.7. The highest BCUT2D eigenvalue weighted by Crippen LogP contribution is 2.40. The Morgan fingerprint density at radius 1 is 0.964 bits per heavy atom. The quantitative estimate of drug-likeness (QED) is 0.736. The molecule has 1 aromatic carbocycles. The summed E-state index contributed by atoms with van der Waals surface area (Å²) in [5.41, 5.74) is 0.660. The number of hydrogen-bond acceptors (Lipinski definition) is 4. The smallest absolute Gasteiger partial charge is 0.338 e. The SMILES string of the molecule is CC1C[C@@H](OC(=O)c2ccccc2)CN([C@H]2CC[C@H]3CN(C)[C@H](C)C[C@H]3C2)C1. The third-order valence-electron chi connectivity index (χ3n) is 7.48. The van der Waals surface area contributed by atoms with Crippen molar-refractivity contribution >= 4 is 5.97 Å². The molecule has 2 aliphatic heterocycles. The molecule has 2 heterocycles. The van der Waals surface area contributed by atoms with Gasteiger partial charge in [0.15, 0.2) is 0 Å². The molecular weight excluding hydrogens is 348 g/mol. The Kier molecular flexibility index (Phi) is 6.07. The van der Waals surface area contributed by atoms with Gasteiger partial charge in [0.1, 0.15) is 6.10 Å². The number of rotatable bonds is 3. The van der Waals surface area contributed by atoms with E-state index in [1.54, 1.807) is 0 Å². The Labute approximate surface area is 170 Å². The largest absolute Gasteiger partial charge is 0.457 e. The standard InChI is InChI=1S/C24H36N2O2/c1-17-11-23(28-24(27)19-7-5-4-6-8-19)16-26(14-17)22-10-9-20-15-25(3)18(2)12-21(20)13-22/h4-8,17-18,20-23H,9-16H2,1-3H3/t17?,18-,20+,21+,22+,23-/m1/s1. The van der Waals surface area contributed by atoms with Crippen molar-refractivity contribution < 1.29 is 9.53 Å². The highest BCUT2D eigenvalue weighted by atomic mass is 16.5. The van der Waals surface area contributed by atoms with Crippen LogP contribution in [0.25, 0.3) is 0 Å². The summed E-state index contributed by atoms with van der Waals surface area (Å²) < 4.78 is 5.92. The predicted molar refractivity (Wildman–Crippen MR) is 112 cm³/mol. The number of fused-ring (bicyclic) bond motifs is 1. The fourth-order valence-electron chi connectivity index (χ4n) is 5.84. The van der Waals surface area contributed by atoms with Gasteiger partial charge in [-0.05, 0) is 76.0 Å². The molecule has 0 aromatic heterocycles. The summed E-state index contributed by atoms with van der Waals surface area (Å²) in [6.45, 7) is 8.00. The van der Waals surface area contributed by atoms with Crippen LogP contribution in [0.2, 0.25) is 0 Å². The minimum absolute atomic E-state index is 0.0191. The Morgan fingerprint density at radius 3 is 2.54 bits per heavy atom. The van der Waals surface area contributed by atoms with Crippen LogP contribution in [-0.2, 0) is 4.74 Å². The van der Waals surface area contributed by atoms with Gasteiger partial charge in [0, 0.05) is 31.7 Å². The molecule has 4 nitrogen and oxygen atoms in total. The Morgan fingerprint density at radius 2 is 1.75 bits per heavy atom. The highest BCUT2D eigenvalue weighted by Gasteiger charge is 2.40. The average molecular weight is 385 g/mol. The number of hydrogen-bond donors (Lipinski definition) is 0. The third-order valence-corrected chi connectivity index (χ3v) is 7.48. The molecule has 1 unspecified atom stereocenters. The first-order chi connectivity index (χ1) is 13.5. The molecule has 0 amide bonds. The molecule has 2 saturated heterocycles. The van der Waals surface area contributed by atoms with Gasteiger partial charge in [0.05, 0.1) is 5.56 Å². The first kappa shape index (κ1) is 19.9. The van der Waals surface area contributed by atoms with Crippen LogP contribution in [0, 0.1) is 17.8 Å². The maximum atomic E-state index is 12.5. The topological polar surface area (TPSA) is 32.8 Å². The van der Waals surface area contributed by atoms with Gasteiger partial charge in [-0.3, -0.25) is 4.90 Å². The average Bonchev–Trinajstić information content (AvgIpc) is 2.69. The van der Waals surface area contributed by atoms with E-state index in [1.807, 2.05) is 30.3 Å². The Bertz CT molecular complexity index is 664. The van der Waals surface area contributed by atoms with E-state index in [2.05, 4.69) is 30.7 Å². The van der Waals surface area contributed by atoms with E-state index in [0.29, 0.717) is 23.6 Å². The molecule has 3 fully saturated rings. The lowest BCUT2D eigenvalue weighted by molar-refractivity contribution is -0.0333. The minimum Gasteiger partial charge on any atom is -0.457 e. The first-order valence-electron chi connectivity index (χ1n) is 11.2. The zero-order valence-corrected chi connectivity index (χ0v) is 17.7. The normalized spacial score (nSPS) is 37.2. The number of carbonyl (C=O) groups excluding carboxylic acids is 1. The van der Waals surface area contributed by atoms with Gasteiger partial charge in [-0.25, -0.2) is 4.79 Å². The van der Waals surface area contributed by atoms with Crippen molar-refractivity contribution in [3.05, 3.63) is 35.9 Å². The molecule has 1 saturated carbocycles. The summed E-state index contributed by atoms with van der Waals surface area (Å²) in [5.74, 6) is 2.16. The van der Waals surface area contributed by atoms with Crippen LogP contribution < -0.4 is 0 Å². The molecule has 4 rings (SSSR count). The Balaban J connectivity index is 1.36. The van der Waals surface area contributed by atoms with Crippen molar-refractivity contribution in [2.45, 2.75) is 64.1 Å². The van der Waals surface area contributed by atoms with Gasteiger partial charge < -0.3 is 9.64 Å². The molecule has 6 atom stereocenters. The van der Waals surface area contributed by atoms with Crippen molar-refractivity contribution in [3.8, 4) is 0 Å². The molecule has 154 valence electrons. The summed E-state index contributed by atoms with van der Waals surface area (Å²) in [7, 11) is 2.28. The van der Waals surface area contributed by atoms with Crippen molar-refractivity contribution in [3.63, 3.8) is 0 Å². The van der Waals surface area contributed by atoms with E-state index in [1.165, 1.54) is 32.2 Å². The third kappa shape index (κ3) is 4.44. The lowest BCUT2D eigenvalue weighted by Crippen LogP contribution is -2.53. The van der Waals surface area contributed by atoms with Crippen molar-refractivity contribution in [1.29, 1.82) is 0 Å². The monoisotopic (exact) mass is 384 g/mol. The van der Waals surface area contributed by atoms with Crippen LogP contribution in [0.5, 0.6) is 0 Å². The van der Waals surface area contributed by atoms with Crippen molar-refractivity contribution in [2.75, 3.05) is 26.7 Å². The number of nitrogens with zero attached hydrogens (tertiary/aromatic N) is 2. The number of esters is 1. The maximum absolute atomic E-state index is 12.5. The van der Waals surface area contributed by atoms with Crippen LogP contribution in [0.15, 0.2) is 30.3 Å². The van der Waals surface area contributed by atoms with E-state index in [-0.39, 0.29) is 12.1 Å². The van der Waals surface area contributed by atoms with Gasteiger partial charge in [0.2, 0.25) is 0 Å². The lowest BCUT2D eigenvalue weighted by atomic mass is 9.71. The molecule has 0 N–H and O–H groups in total. The molecule has 0 spiro atoms. The number of piperidine rings is 2. The van der Waals surface area contributed by atoms with Gasteiger partial charge in [-0.2, -0.15) is 0 Å². The number of benzene rings is 1. The van der Waals surface area contributed by atoms with E-state index in [4.69, 9.17) is 4.74 Å². The molecule has 3 aliphatic rings. The summed E-state index contributed by atoms with van der Waals surface area (Å²) in [6, 6.07) is 10.8. The van der Waals surface area contributed by atoms with Gasteiger partial charge in [-0.15, -0.1) is 0 Å². The molecule has 0 radical (unpaired) electrons. The predicted octanol–water partition coefficient (Wildman–Crippen LogP) is 4.06. The van der Waals surface area contributed by atoms with Gasteiger partial charge >= 0.3 is 5.97 Å². The highest BCUT2D eigenvalue weighted by molar-refractivity contribution is 5.89. The van der Waals surface area contributed by atoms with Gasteiger partial charge in [0.25, 0.3) is 0 Å². The van der Waals surface area contributed by atoms with E-state index in [9.17, 15) is 4.79 Å². The fraction of sp³-hybridized carbons (Fsp3) is 0.708. The minimum atomic E-state index is -0.174. The van der Waals surface area contributed by atoms with E-state index < -0.39 is 0 Å². The molecule has 1 aromatic rings. The second-order valence-corrected chi connectivity index (χ2v) is 9.70. The molecule has 1 aliphatic carbocycles. The van der Waals surface area contributed by atoms with E-state index >= 15 is 0 Å². The second-order valence-electron chi connectivity index (χ2n) is 9.70. The zero-order valence-electron chi connectivity index (χ0n) is 17.7. The Hall–Kier alpha value is -1.39. The van der Waals surface area contributed by atoms with Crippen LogP contribution in [0.1, 0.15) is 56.3 Å². The van der Waals surface area contributed by atoms with Crippen LogP contribution in [-0.4, -0.2) is 60.6 Å². The number of ether oxygens (including phenoxy) is 1. The molecular formula is C24H36N2O2. The van der Waals surface area contributed by atoms with Crippen molar-refractivity contribution in [2.24, 2.45) is 17.8 Å². The van der Waals surface area contributed by atoms with Crippen molar-refractivity contribution in [1.82, 2.24) is 9.80 Å². The first-order valence-corrected chi connectivity index (χ1v) is 11.2. The van der Waals surface area contributed by atoms with Crippen LogP contribution in [0.3, 0.4) is 0 Å². The lowest BCUT2D eigenvalue weighted by Gasteiger charge is -2.49. The fourth-order valence-corrected chi connectivity index (χ4v) is 5.84. The van der Waals surface area contributed by atoms with E-state index in [0.717, 1.165) is 31.3 Å². The summed E-state index contributed by atoms with van der Waals surface area (Å²) in [4.78, 5) is 17.7. The summed E-state index contributed by atoms with van der Waals surface area (Å²) in [6.07, 6.45) is 6.32. The number of carbonyl (C=O) groups is 1. The van der Waals surface area contributed by atoms with Crippen LogP contribution in [0.4, 0.5) is 0 Å². The summed E-state index contributed by atoms with van der Waals surface area (Å²) in [5, 5.41) is 0. The van der Waals surface area contributed by atoms with Gasteiger partial charge in [-0.1, -0.05) is 25.1 Å². The molecule has 0 bridgehead atoms. The second kappa shape index (κ2) is 8.54. The molecule has 4 heteroatoms. The summed E-state index contributed by atoms with van der Waals surface area (Å²) >= 11 is 0.